The summed E-state index contributed by atoms with van der Waals surface area (Å²) in [6, 6.07) is 0.158. The number of aliphatic hydroxyl groups is 1. The van der Waals surface area contributed by atoms with Gasteiger partial charge in [0.1, 0.15) is 5.69 Å². The lowest BCUT2D eigenvalue weighted by Gasteiger charge is -2.16. The fourth-order valence-electron chi connectivity index (χ4n) is 1.79. The number of carbonyl (C=O) groups excluding carboxylic acids is 1. The molecule has 0 amide bonds. The molecule has 0 fully saturated rings. The van der Waals surface area contributed by atoms with E-state index in [0.29, 0.717) is 5.69 Å². The molecule has 5 nitrogen and oxygen atoms in total. The van der Waals surface area contributed by atoms with Gasteiger partial charge in [0.15, 0.2) is 6.29 Å². The number of hydrogen-bond donors (Lipinski definition) is 1. The van der Waals surface area contributed by atoms with Crippen molar-refractivity contribution in [3.63, 3.8) is 0 Å². The lowest BCUT2D eigenvalue weighted by Crippen LogP contribution is -2.13. The molecule has 1 rings (SSSR count). The summed E-state index contributed by atoms with van der Waals surface area (Å²) in [5, 5.41) is 16.7. The molecule has 1 heterocycles. The molecular weight excluding hydrogens is 206 g/mol. The second kappa shape index (κ2) is 5.75. The summed E-state index contributed by atoms with van der Waals surface area (Å²) in [6.07, 6.45) is 2.31. The molecule has 0 spiro atoms. The van der Waals surface area contributed by atoms with Gasteiger partial charge in [-0.2, -0.15) is 0 Å². The highest BCUT2D eigenvalue weighted by molar-refractivity contribution is 5.73. The van der Waals surface area contributed by atoms with Crippen molar-refractivity contribution in [2.45, 2.75) is 45.6 Å². The Labute approximate surface area is 95.5 Å². The zero-order valence-corrected chi connectivity index (χ0v) is 10.1. The molecule has 0 aromatic carbocycles. The third-order valence-electron chi connectivity index (χ3n) is 2.61. The molecule has 0 saturated heterocycles. The van der Waals surface area contributed by atoms with Gasteiger partial charge in [-0.25, -0.2) is 4.68 Å². The predicted octanol–water partition coefficient (Wildman–Crippen LogP) is 1.55. The summed E-state index contributed by atoms with van der Waals surface area (Å²) < 4.78 is 1.80. The van der Waals surface area contributed by atoms with Crippen molar-refractivity contribution >= 4 is 6.29 Å². The van der Waals surface area contributed by atoms with Gasteiger partial charge in [0.25, 0.3) is 0 Å². The number of nitrogens with zero attached hydrogens (tertiary/aromatic N) is 3. The molecule has 0 aliphatic carbocycles. The summed E-state index contributed by atoms with van der Waals surface area (Å²) >= 11 is 0. The maximum atomic E-state index is 10.8. The zero-order chi connectivity index (χ0) is 12.1. The second-order valence-corrected chi connectivity index (χ2v) is 4.29. The zero-order valence-electron chi connectivity index (χ0n) is 10.1. The quantitative estimate of drug-likeness (QED) is 0.746. The van der Waals surface area contributed by atoms with Crippen LogP contribution in [0.3, 0.4) is 0 Å². The summed E-state index contributed by atoms with van der Waals surface area (Å²) in [6.45, 7) is 6.23. The van der Waals surface area contributed by atoms with Crippen LogP contribution in [0.2, 0.25) is 0 Å². The van der Waals surface area contributed by atoms with E-state index in [0.717, 1.165) is 24.8 Å². The van der Waals surface area contributed by atoms with E-state index in [1.165, 1.54) is 0 Å². The van der Waals surface area contributed by atoms with Crippen LogP contribution in [-0.2, 0) is 0 Å². The average Bonchev–Trinajstić information content (AvgIpc) is 2.69. The number of rotatable bonds is 6. The minimum atomic E-state index is 0.158. The van der Waals surface area contributed by atoms with Crippen molar-refractivity contribution in [2.75, 3.05) is 6.61 Å². The van der Waals surface area contributed by atoms with Crippen molar-refractivity contribution < 1.29 is 9.90 Å². The first-order chi connectivity index (χ1) is 7.61. The van der Waals surface area contributed by atoms with Gasteiger partial charge >= 0.3 is 0 Å². The molecule has 5 heteroatoms. The van der Waals surface area contributed by atoms with Crippen LogP contribution >= 0.6 is 0 Å². The van der Waals surface area contributed by atoms with E-state index in [2.05, 4.69) is 10.3 Å². The largest absolute Gasteiger partial charge is 0.396 e. The van der Waals surface area contributed by atoms with Gasteiger partial charge in [0, 0.05) is 6.61 Å². The molecule has 0 saturated carbocycles. The van der Waals surface area contributed by atoms with Crippen molar-refractivity contribution in [3.05, 3.63) is 11.4 Å². The maximum absolute atomic E-state index is 10.8. The van der Waals surface area contributed by atoms with Crippen LogP contribution in [0.25, 0.3) is 0 Å². The summed E-state index contributed by atoms with van der Waals surface area (Å²) in [5.41, 5.74) is 1.30. The van der Waals surface area contributed by atoms with Crippen molar-refractivity contribution in [1.29, 1.82) is 0 Å². The van der Waals surface area contributed by atoms with E-state index in [1.54, 1.807) is 4.68 Å². The topological polar surface area (TPSA) is 68.0 Å². The van der Waals surface area contributed by atoms with Crippen LogP contribution in [0, 0.1) is 0 Å². The average molecular weight is 225 g/mol. The lowest BCUT2D eigenvalue weighted by molar-refractivity contribution is 0.111. The third-order valence-corrected chi connectivity index (χ3v) is 2.61. The highest BCUT2D eigenvalue weighted by Gasteiger charge is 2.18. The van der Waals surface area contributed by atoms with Gasteiger partial charge in [-0.1, -0.05) is 19.1 Å². The molecule has 90 valence electrons. The molecule has 16 heavy (non-hydrogen) atoms. The van der Waals surface area contributed by atoms with Gasteiger partial charge in [0.05, 0.1) is 11.7 Å². The Kier molecular flexibility index (Phi) is 4.61. The van der Waals surface area contributed by atoms with Crippen molar-refractivity contribution in [3.8, 4) is 0 Å². The fourth-order valence-corrected chi connectivity index (χ4v) is 1.79. The molecule has 1 atom stereocenters. The molecule has 0 aliphatic rings. The first-order valence-corrected chi connectivity index (χ1v) is 5.62. The van der Waals surface area contributed by atoms with Gasteiger partial charge < -0.3 is 5.11 Å². The van der Waals surface area contributed by atoms with Crippen LogP contribution in [0.4, 0.5) is 0 Å². The maximum Gasteiger partial charge on any atom is 0.172 e. The smallest absolute Gasteiger partial charge is 0.172 e. The Hall–Kier alpha value is -1.23. The Balaban J connectivity index is 2.94. The number of aldehydes is 1. The minimum Gasteiger partial charge on any atom is -0.396 e. The van der Waals surface area contributed by atoms with Crippen molar-refractivity contribution in [2.24, 2.45) is 0 Å². The van der Waals surface area contributed by atoms with E-state index >= 15 is 0 Å². The third kappa shape index (κ3) is 2.66. The first kappa shape index (κ1) is 12.8. The summed E-state index contributed by atoms with van der Waals surface area (Å²) in [4.78, 5) is 10.8. The first-order valence-electron chi connectivity index (χ1n) is 5.62. The van der Waals surface area contributed by atoms with Gasteiger partial charge in [-0.15, -0.1) is 5.10 Å². The van der Waals surface area contributed by atoms with Crippen LogP contribution < -0.4 is 0 Å². The van der Waals surface area contributed by atoms with Gasteiger partial charge in [-0.3, -0.25) is 4.79 Å². The second-order valence-electron chi connectivity index (χ2n) is 4.29. The fraction of sp³-hybridized carbons (Fsp3) is 0.727. The molecular formula is C11H19N3O2. The monoisotopic (exact) mass is 225 g/mol. The van der Waals surface area contributed by atoms with Crippen LogP contribution in [0.15, 0.2) is 0 Å². The van der Waals surface area contributed by atoms with E-state index in [4.69, 9.17) is 5.11 Å². The van der Waals surface area contributed by atoms with Gasteiger partial charge in [0.2, 0.25) is 0 Å². The Bertz CT molecular complexity index is 347. The predicted molar refractivity (Wildman–Crippen MR) is 60.5 cm³/mol. The summed E-state index contributed by atoms with van der Waals surface area (Å²) in [5.74, 6) is 0.215. The number of aromatic nitrogens is 3. The standard InChI is InChI=1S/C11H19N3O2/c1-8(2)11-10(7-16)12-13-14(11)9(3)5-4-6-15/h7-9,15H,4-6H2,1-3H3. The van der Waals surface area contributed by atoms with Crippen LogP contribution in [0.1, 0.15) is 61.8 Å². The Morgan fingerprint density at radius 3 is 2.62 bits per heavy atom. The van der Waals surface area contributed by atoms with E-state index in [-0.39, 0.29) is 18.6 Å². The minimum absolute atomic E-state index is 0.158. The van der Waals surface area contributed by atoms with E-state index in [9.17, 15) is 4.79 Å². The number of carbonyl (C=O) groups is 1. The van der Waals surface area contributed by atoms with E-state index < -0.39 is 0 Å². The molecule has 1 aromatic heterocycles. The van der Waals surface area contributed by atoms with Crippen LogP contribution in [-0.4, -0.2) is 33.0 Å². The SMILES string of the molecule is CC(C)c1c(C=O)nnn1C(C)CCCO. The van der Waals surface area contributed by atoms with Crippen LogP contribution in [0.5, 0.6) is 0 Å². The number of hydrogen-bond acceptors (Lipinski definition) is 4. The Morgan fingerprint density at radius 1 is 1.44 bits per heavy atom. The highest BCUT2D eigenvalue weighted by atomic mass is 16.2. The molecule has 0 radical (unpaired) electrons. The highest BCUT2D eigenvalue weighted by Crippen LogP contribution is 2.22. The van der Waals surface area contributed by atoms with E-state index in [1.807, 2.05) is 20.8 Å². The molecule has 1 aromatic rings. The molecule has 1 unspecified atom stereocenters. The molecule has 0 bridgehead atoms. The molecule has 1 N–H and O–H groups in total. The lowest BCUT2D eigenvalue weighted by atomic mass is 10.1. The summed E-state index contributed by atoms with van der Waals surface area (Å²) in [7, 11) is 0. The molecule has 0 aliphatic heterocycles. The number of aliphatic hydroxyl groups excluding tert-OH is 1. The van der Waals surface area contributed by atoms with Gasteiger partial charge in [-0.05, 0) is 25.7 Å². The Morgan fingerprint density at radius 2 is 2.12 bits per heavy atom. The van der Waals surface area contributed by atoms with Crippen molar-refractivity contribution in [1.82, 2.24) is 15.0 Å². The normalized spacial score (nSPS) is 13.1.